The maximum Gasteiger partial charge on any atom is 0.329 e. The van der Waals surface area contributed by atoms with Crippen molar-refractivity contribution in [1.82, 2.24) is 0 Å². The molecule has 0 aromatic carbocycles. The third-order valence-electron chi connectivity index (χ3n) is 3.82. The van der Waals surface area contributed by atoms with E-state index in [2.05, 4.69) is 0 Å². The minimum Gasteiger partial charge on any atom is -0.456 e. The quantitative estimate of drug-likeness (QED) is 0.590. The van der Waals surface area contributed by atoms with Crippen LogP contribution in [0.25, 0.3) is 0 Å². The van der Waals surface area contributed by atoms with Gasteiger partial charge in [0.25, 0.3) is 0 Å². The lowest BCUT2D eigenvalue weighted by Crippen LogP contribution is -2.50. The molecule has 0 aromatic rings. The van der Waals surface area contributed by atoms with E-state index >= 15 is 0 Å². The summed E-state index contributed by atoms with van der Waals surface area (Å²) in [4.78, 5) is 22.1. The number of hydrogen-bond donors (Lipinski definition) is 0. The predicted molar refractivity (Wildman–Crippen MR) is 74.3 cm³/mol. The molecule has 1 heterocycles. The number of halogens is 1. The zero-order valence-electron chi connectivity index (χ0n) is 12.6. The normalized spacial score (nSPS) is 33.1. The monoisotopic (exact) mass is 306 g/mol. The minimum atomic E-state index is -1.10. The molecule has 1 fully saturated rings. The molecule has 5 atom stereocenters. The van der Waals surface area contributed by atoms with Gasteiger partial charge in [-0.15, -0.1) is 11.6 Å². The first-order chi connectivity index (χ1) is 9.19. The second-order valence-corrected chi connectivity index (χ2v) is 6.40. The maximum atomic E-state index is 12.0. The van der Waals surface area contributed by atoms with E-state index in [1.807, 2.05) is 13.8 Å². The average Bonchev–Trinajstić information content (AvgIpc) is 2.37. The molecule has 5 unspecified atom stereocenters. The van der Waals surface area contributed by atoms with Gasteiger partial charge in [0.15, 0.2) is 6.10 Å². The summed E-state index contributed by atoms with van der Waals surface area (Å²) in [7, 11) is 0. The third-order valence-corrected chi connectivity index (χ3v) is 4.24. The summed E-state index contributed by atoms with van der Waals surface area (Å²) in [6.45, 7) is 9.10. The van der Waals surface area contributed by atoms with E-state index in [1.165, 1.54) is 6.92 Å². The first-order valence-corrected chi connectivity index (χ1v) is 7.25. The Morgan fingerprint density at radius 1 is 1.35 bits per heavy atom. The van der Waals surface area contributed by atoms with Gasteiger partial charge in [0.05, 0.1) is 6.61 Å². The van der Waals surface area contributed by atoms with E-state index in [1.54, 1.807) is 13.8 Å². The molecule has 0 radical (unpaired) electrons. The van der Waals surface area contributed by atoms with Crippen molar-refractivity contribution in [3.63, 3.8) is 0 Å². The summed E-state index contributed by atoms with van der Waals surface area (Å²) in [5.41, 5.74) is 0. The summed E-state index contributed by atoms with van der Waals surface area (Å²) in [6.07, 6.45) is -1.07. The van der Waals surface area contributed by atoms with Crippen molar-refractivity contribution in [3.8, 4) is 0 Å². The van der Waals surface area contributed by atoms with Crippen molar-refractivity contribution >= 4 is 23.5 Å². The Hall–Kier alpha value is -0.810. The van der Waals surface area contributed by atoms with Gasteiger partial charge in [-0.25, -0.2) is 0 Å². The van der Waals surface area contributed by atoms with Crippen molar-refractivity contribution in [2.45, 2.75) is 58.3 Å². The number of carbonyl (C=O) groups is 2. The van der Waals surface area contributed by atoms with Crippen LogP contribution in [0.3, 0.4) is 0 Å². The van der Waals surface area contributed by atoms with Crippen LogP contribution in [0.2, 0.25) is 0 Å². The SMILES string of the molecule is CCC(C)(Cl)C(=O)OC1OCC(C)C(C)C1OC(C)=O. The Balaban J connectivity index is 2.80. The van der Waals surface area contributed by atoms with Crippen molar-refractivity contribution in [2.24, 2.45) is 11.8 Å². The van der Waals surface area contributed by atoms with Crippen LogP contribution in [-0.4, -0.2) is 35.8 Å². The molecule has 0 aromatic heterocycles. The minimum absolute atomic E-state index is 0.0358. The maximum absolute atomic E-state index is 12.0. The molecule has 0 aliphatic carbocycles. The molecule has 1 saturated heterocycles. The summed E-state index contributed by atoms with van der Waals surface area (Å²) in [5.74, 6) is -0.744. The number of alkyl halides is 1. The Kier molecular flexibility index (Phi) is 5.83. The van der Waals surface area contributed by atoms with Crippen LogP contribution in [0.15, 0.2) is 0 Å². The number of ether oxygens (including phenoxy) is 3. The lowest BCUT2D eigenvalue weighted by Gasteiger charge is -2.39. The van der Waals surface area contributed by atoms with E-state index in [-0.39, 0.29) is 11.8 Å². The molecule has 6 heteroatoms. The standard InChI is InChI=1S/C14H23ClO5/c1-6-14(5,15)13(17)20-12-11(19-10(4)16)9(3)8(2)7-18-12/h8-9,11-12H,6-7H2,1-5H3. The second-order valence-electron chi connectivity index (χ2n) is 5.57. The molecule has 0 bridgehead atoms. The molecular weight excluding hydrogens is 284 g/mol. The first-order valence-electron chi connectivity index (χ1n) is 6.87. The molecule has 0 amide bonds. The number of rotatable bonds is 4. The predicted octanol–water partition coefficient (Wildman–Crippen LogP) is 2.50. The Labute approximate surface area is 124 Å². The highest BCUT2D eigenvalue weighted by Gasteiger charge is 2.43. The highest BCUT2D eigenvalue weighted by atomic mass is 35.5. The first kappa shape index (κ1) is 17.2. The zero-order valence-corrected chi connectivity index (χ0v) is 13.4. The van der Waals surface area contributed by atoms with Crippen molar-refractivity contribution in [1.29, 1.82) is 0 Å². The molecule has 1 aliphatic rings. The van der Waals surface area contributed by atoms with Crippen LogP contribution >= 0.6 is 11.6 Å². The number of hydrogen-bond acceptors (Lipinski definition) is 5. The number of esters is 2. The van der Waals surface area contributed by atoms with Gasteiger partial charge in [-0.3, -0.25) is 9.59 Å². The smallest absolute Gasteiger partial charge is 0.329 e. The Bertz CT molecular complexity index is 369. The van der Waals surface area contributed by atoms with Gasteiger partial charge >= 0.3 is 11.9 Å². The van der Waals surface area contributed by atoms with E-state index in [4.69, 9.17) is 25.8 Å². The molecule has 20 heavy (non-hydrogen) atoms. The second kappa shape index (κ2) is 6.76. The van der Waals surface area contributed by atoms with Crippen LogP contribution in [-0.2, 0) is 23.8 Å². The molecule has 116 valence electrons. The molecule has 5 nitrogen and oxygen atoms in total. The van der Waals surface area contributed by atoms with Gasteiger partial charge in [0.1, 0.15) is 4.87 Å². The molecule has 0 N–H and O–H groups in total. The topological polar surface area (TPSA) is 61.8 Å². The summed E-state index contributed by atoms with van der Waals surface area (Å²) < 4.78 is 16.1. The van der Waals surface area contributed by atoms with E-state index < -0.39 is 29.2 Å². The summed E-state index contributed by atoms with van der Waals surface area (Å²) >= 11 is 6.07. The van der Waals surface area contributed by atoms with Crippen LogP contribution < -0.4 is 0 Å². The van der Waals surface area contributed by atoms with Crippen molar-refractivity contribution < 1.29 is 23.8 Å². The van der Waals surface area contributed by atoms with Gasteiger partial charge in [-0.2, -0.15) is 0 Å². The summed E-state index contributed by atoms with van der Waals surface area (Å²) in [5, 5.41) is 0. The van der Waals surface area contributed by atoms with Gasteiger partial charge < -0.3 is 14.2 Å². The number of carbonyl (C=O) groups excluding carboxylic acids is 2. The fourth-order valence-corrected chi connectivity index (χ4v) is 1.94. The van der Waals surface area contributed by atoms with Crippen molar-refractivity contribution in [3.05, 3.63) is 0 Å². The fraction of sp³-hybridized carbons (Fsp3) is 0.857. The van der Waals surface area contributed by atoms with Crippen LogP contribution in [0, 0.1) is 11.8 Å². The average molecular weight is 307 g/mol. The molecule has 0 spiro atoms. The highest BCUT2D eigenvalue weighted by Crippen LogP contribution is 2.30. The highest BCUT2D eigenvalue weighted by molar-refractivity contribution is 6.33. The van der Waals surface area contributed by atoms with Crippen LogP contribution in [0.4, 0.5) is 0 Å². The Morgan fingerprint density at radius 3 is 2.45 bits per heavy atom. The third kappa shape index (κ3) is 4.09. The van der Waals surface area contributed by atoms with E-state index in [0.717, 1.165) is 0 Å². The lowest BCUT2D eigenvalue weighted by atomic mass is 9.88. The molecular formula is C14H23ClO5. The molecule has 1 rings (SSSR count). The largest absolute Gasteiger partial charge is 0.456 e. The van der Waals surface area contributed by atoms with Gasteiger partial charge in [-0.05, 0) is 19.3 Å². The van der Waals surface area contributed by atoms with E-state index in [9.17, 15) is 9.59 Å². The van der Waals surface area contributed by atoms with Gasteiger partial charge in [0.2, 0.25) is 6.29 Å². The zero-order chi connectivity index (χ0) is 15.5. The molecule has 0 saturated carbocycles. The van der Waals surface area contributed by atoms with Gasteiger partial charge in [-0.1, -0.05) is 20.8 Å². The Morgan fingerprint density at radius 2 is 1.95 bits per heavy atom. The van der Waals surface area contributed by atoms with Gasteiger partial charge in [0, 0.05) is 12.8 Å². The summed E-state index contributed by atoms with van der Waals surface area (Å²) in [6, 6.07) is 0. The molecule has 1 aliphatic heterocycles. The lowest BCUT2D eigenvalue weighted by molar-refractivity contribution is -0.246. The van der Waals surface area contributed by atoms with Crippen LogP contribution in [0.5, 0.6) is 0 Å². The van der Waals surface area contributed by atoms with E-state index in [0.29, 0.717) is 13.0 Å². The fourth-order valence-electron chi connectivity index (χ4n) is 1.89. The van der Waals surface area contributed by atoms with Crippen LogP contribution in [0.1, 0.15) is 41.0 Å². The van der Waals surface area contributed by atoms with Crippen molar-refractivity contribution in [2.75, 3.05) is 6.61 Å².